The van der Waals surface area contributed by atoms with Gasteiger partial charge in [-0.1, -0.05) is 28.1 Å². The molecular weight excluding hydrogens is 304 g/mol. The molecule has 1 aliphatic heterocycles. The van der Waals surface area contributed by atoms with E-state index in [0.29, 0.717) is 5.92 Å². The number of rotatable bonds is 4. The Hall–Kier alpha value is -0.870. The zero-order valence-corrected chi connectivity index (χ0v) is 13.2. The lowest BCUT2D eigenvalue weighted by Crippen LogP contribution is -2.32. The van der Waals surface area contributed by atoms with E-state index in [1.165, 1.54) is 12.0 Å². The molecule has 1 saturated heterocycles. The van der Waals surface area contributed by atoms with E-state index < -0.39 is 0 Å². The van der Waals surface area contributed by atoms with Crippen molar-refractivity contribution in [1.82, 2.24) is 9.80 Å². The summed E-state index contributed by atoms with van der Waals surface area (Å²) in [5.74, 6) is 0.733. The number of likely N-dealkylation sites (tertiary alicyclic amines) is 1. The Morgan fingerprint density at radius 3 is 2.63 bits per heavy atom. The Labute approximate surface area is 123 Å². The van der Waals surface area contributed by atoms with Gasteiger partial charge in [-0.05, 0) is 43.6 Å². The standard InChI is InChI=1S/C15H21BrN2O/c1-17-8-7-13(10-17)11-18(2)15(19)14-5-3-12(9-16)4-6-14/h3-6,13H,7-11H2,1-2H3. The molecule has 2 rings (SSSR count). The zero-order valence-electron chi connectivity index (χ0n) is 11.6. The first kappa shape index (κ1) is 14.5. The molecule has 0 bridgehead atoms. The first-order valence-electron chi connectivity index (χ1n) is 6.69. The van der Waals surface area contributed by atoms with Gasteiger partial charge in [0.1, 0.15) is 0 Å². The Morgan fingerprint density at radius 1 is 1.42 bits per heavy atom. The second-order valence-corrected chi connectivity index (χ2v) is 5.99. The first-order chi connectivity index (χ1) is 9.10. The van der Waals surface area contributed by atoms with Crippen LogP contribution in [0.5, 0.6) is 0 Å². The van der Waals surface area contributed by atoms with Crippen LogP contribution in [0.4, 0.5) is 0 Å². The van der Waals surface area contributed by atoms with E-state index in [9.17, 15) is 4.79 Å². The molecule has 1 aromatic rings. The van der Waals surface area contributed by atoms with Crippen molar-refractivity contribution in [1.29, 1.82) is 0 Å². The second-order valence-electron chi connectivity index (χ2n) is 5.43. The molecule has 104 valence electrons. The van der Waals surface area contributed by atoms with Crippen LogP contribution in [0.25, 0.3) is 0 Å². The molecule has 0 radical (unpaired) electrons. The molecule has 1 heterocycles. The number of hydrogen-bond donors (Lipinski definition) is 0. The number of carbonyl (C=O) groups is 1. The van der Waals surface area contributed by atoms with Crippen LogP contribution >= 0.6 is 15.9 Å². The SMILES string of the molecule is CN1CCC(CN(C)C(=O)c2ccc(CBr)cc2)C1. The molecule has 0 spiro atoms. The fraction of sp³-hybridized carbons (Fsp3) is 0.533. The molecule has 1 fully saturated rings. The van der Waals surface area contributed by atoms with Crippen molar-refractivity contribution in [2.75, 3.05) is 33.7 Å². The molecular formula is C15H21BrN2O. The molecule has 3 nitrogen and oxygen atoms in total. The number of benzene rings is 1. The predicted molar refractivity (Wildman–Crippen MR) is 81.6 cm³/mol. The highest BCUT2D eigenvalue weighted by atomic mass is 79.9. The van der Waals surface area contributed by atoms with Crippen molar-refractivity contribution in [2.45, 2.75) is 11.8 Å². The van der Waals surface area contributed by atoms with Gasteiger partial charge in [-0.3, -0.25) is 4.79 Å². The van der Waals surface area contributed by atoms with E-state index in [1.807, 2.05) is 36.2 Å². The normalized spacial score (nSPS) is 19.6. The van der Waals surface area contributed by atoms with Crippen LogP contribution in [0.1, 0.15) is 22.3 Å². The number of carbonyl (C=O) groups excluding carboxylic acids is 1. The number of amides is 1. The molecule has 0 aliphatic carbocycles. The molecule has 1 unspecified atom stereocenters. The lowest BCUT2D eigenvalue weighted by molar-refractivity contribution is 0.0774. The van der Waals surface area contributed by atoms with Crippen molar-refractivity contribution in [3.05, 3.63) is 35.4 Å². The highest BCUT2D eigenvalue weighted by molar-refractivity contribution is 9.08. The molecule has 1 aliphatic rings. The van der Waals surface area contributed by atoms with E-state index in [1.54, 1.807) is 0 Å². The maximum atomic E-state index is 12.3. The van der Waals surface area contributed by atoms with Gasteiger partial charge in [-0.25, -0.2) is 0 Å². The average molecular weight is 325 g/mol. The number of halogens is 1. The highest BCUT2D eigenvalue weighted by Gasteiger charge is 2.22. The topological polar surface area (TPSA) is 23.6 Å². The zero-order chi connectivity index (χ0) is 13.8. The van der Waals surface area contributed by atoms with E-state index in [0.717, 1.165) is 30.5 Å². The van der Waals surface area contributed by atoms with E-state index >= 15 is 0 Å². The van der Waals surface area contributed by atoms with Gasteiger partial charge in [0.25, 0.3) is 5.91 Å². The molecule has 4 heteroatoms. The second kappa shape index (κ2) is 6.53. The molecule has 1 aromatic carbocycles. The van der Waals surface area contributed by atoms with Crippen molar-refractivity contribution in [2.24, 2.45) is 5.92 Å². The van der Waals surface area contributed by atoms with Crippen molar-refractivity contribution >= 4 is 21.8 Å². The van der Waals surface area contributed by atoms with Crippen LogP contribution < -0.4 is 0 Å². The van der Waals surface area contributed by atoms with Gasteiger partial charge in [0.2, 0.25) is 0 Å². The van der Waals surface area contributed by atoms with Gasteiger partial charge in [-0.2, -0.15) is 0 Å². The summed E-state index contributed by atoms with van der Waals surface area (Å²) in [5.41, 5.74) is 1.97. The lowest BCUT2D eigenvalue weighted by Gasteiger charge is -2.21. The Kier molecular flexibility index (Phi) is 4.99. The van der Waals surface area contributed by atoms with Gasteiger partial charge >= 0.3 is 0 Å². The Balaban J connectivity index is 1.94. The third-order valence-corrected chi connectivity index (χ3v) is 4.37. The third kappa shape index (κ3) is 3.80. The lowest BCUT2D eigenvalue weighted by atomic mass is 10.1. The summed E-state index contributed by atoms with van der Waals surface area (Å²) in [6.45, 7) is 3.09. The summed E-state index contributed by atoms with van der Waals surface area (Å²) in [6.07, 6.45) is 1.19. The summed E-state index contributed by atoms with van der Waals surface area (Å²) in [7, 11) is 4.04. The van der Waals surface area contributed by atoms with Crippen LogP contribution in [0.15, 0.2) is 24.3 Å². The molecule has 19 heavy (non-hydrogen) atoms. The number of hydrogen-bond acceptors (Lipinski definition) is 2. The summed E-state index contributed by atoms with van der Waals surface area (Å²) in [4.78, 5) is 16.5. The van der Waals surface area contributed by atoms with Crippen LogP contribution in [-0.2, 0) is 5.33 Å². The summed E-state index contributed by atoms with van der Waals surface area (Å²) in [6, 6.07) is 7.82. The fourth-order valence-corrected chi connectivity index (χ4v) is 2.98. The maximum absolute atomic E-state index is 12.3. The smallest absolute Gasteiger partial charge is 0.253 e. The number of alkyl halides is 1. The van der Waals surface area contributed by atoms with E-state index in [4.69, 9.17) is 0 Å². The van der Waals surface area contributed by atoms with Crippen molar-refractivity contribution < 1.29 is 4.79 Å². The van der Waals surface area contributed by atoms with E-state index in [2.05, 4.69) is 27.9 Å². The minimum Gasteiger partial charge on any atom is -0.341 e. The van der Waals surface area contributed by atoms with E-state index in [-0.39, 0.29) is 5.91 Å². The summed E-state index contributed by atoms with van der Waals surface area (Å²) in [5, 5.41) is 0.825. The van der Waals surface area contributed by atoms with Crippen molar-refractivity contribution in [3.8, 4) is 0 Å². The van der Waals surface area contributed by atoms with Crippen LogP contribution in [0, 0.1) is 5.92 Å². The molecule has 0 aromatic heterocycles. The van der Waals surface area contributed by atoms with Gasteiger partial charge in [0.15, 0.2) is 0 Å². The summed E-state index contributed by atoms with van der Waals surface area (Å²) < 4.78 is 0. The first-order valence-corrected chi connectivity index (χ1v) is 7.81. The Bertz CT molecular complexity index is 432. The largest absolute Gasteiger partial charge is 0.341 e. The molecule has 0 saturated carbocycles. The van der Waals surface area contributed by atoms with Gasteiger partial charge < -0.3 is 9.80 Å². The minimum atomic E-state index is 0.121. The van der Waals surface area contributed by atoms with Crippen LogP contribution in [0.2, 0.25) is 0 Å². The average Bonchev–Trinajstić information content (AvgIpc) is 2.83. The number of nitrogens with zero attached hydrogens (tertiary/aromatic N) is 2. The summed E-state index contributed by atoms with van der Waals surface area (Å²) >= 11 is 3.41. The predicted octanol–water partition coefficient (Wildman–Crippen LogP) is 2.61. The quantitative estimate of drug-likeness (QED) is 0.795. The van der Waals surface area contributed by atoms with Crippen LogP contribution in [-0.4, -0.2) is 49.4 Å². The minimum absolute atomic E-state index is 0.121. The third-order valence-electron chi connectivity index (χ3n) is 3.72. The fourth-order valence-electron chi connectivity index (χ4n) is 2.60. The van der Waals surface area contributed by atoms with Gasteiger partial charge in [0.05, 0.1) is 0 Å². The van der Waals surface area contributed by atoms with Crippen LogP contribution in [0.3, 0.4) is 0 Å². The van der Waals surface area contributed by atoms with Crippen molar-refractivity contribution in [3.63, 3.8) is 0 Å². The highest BCUT2D eigenvalue weighted by Crippen LogP contribution is 2.16. The maximum Gasteiger partial charge on any atom is 0.253 e. The molecule has 1 amide bonds. The monoisotopic (exact) mass is 324 g/mol. The molecule has 0 N–H and O–H groups in total. The van der Waals surface area contributed by atoms with Gasteiger partial charge in [-0.15, -0.1) is 0 Å². The molecule has 1 atom stereocenters. The van der Waals surface area contributed by atoms with Gasteiger partial charge in [0, 0.05) is 31.0 Å². The Morgan fingerprint density at radius 2 is 2.11 bits per heavy atom.